The Morgan fingerprint density at radius 3 is 2.59 bits per heavy atom. The van der Waals surface area contributed by atoms with Crippen molar-refractivity contribution in [3.63, 3.8) is 0 Å². The minimum absolute atomic E-state index is 0. The topological polar surface area (TPSA) is 90.9 Å². The van der Waals surface area contributed by atoms with Crippen LogP contribution in [0.5, 0.6) is 11.5 Å². The van der Waals surface area contributed by atoms with E-state index in [4.69, 9.17) is 9.47 Å². The first-order chi connectivity index (χ1) is 15.0. The molecule has 1 aromatic heterocycles. The highest BCUT2D eigenvalue weighted by Crippen LogP contribution is 2.30. The number of ether oxygens (including phenoxy) is 2. The molecule has 1 heterocycles. The minimum Gasteiger partial charge on any atom is -0.493 e. The number of methoxy groups -OCH3 is 2. The summed E-state index contributed by atoms with van der Waals surface area (Å²) >= 11 is 0. The molecule has 0 bridgehead atoms. The number of hydrogen-bond acceptors (Lipinski definition) is 4. The Morgan fingerprint density at radius 1 is 1.09 bits per heavy atom. The maximum absolute atomic E-state index is 10.6. The lowest BCUT2D eigenvalue weighted by molar-refractivity contribution is 0.186. The lowest BCUT2D eigenvalue weighted by Crippen LogP contribution is -2.38. The van der Waals surface area contributed by atoms with E-state index in [1.165, 1.54) is 16.5 Å². The molecule has 8 heteroatoms. The summed E-state index contributed by atoms with van der Waals surface area (Å²) in [5, 5.41) is 18.4. The van der Waals surface area contributed by atoms with Crippen LogP contribution >= 0.6 is 24.0 Å². The summed E-state index contributed by atoms with van der Waals surface area (Å²) in [5.74, 6) is 1.89. The van der Waals surface area contributed by atoms with Crippen LogP contribution in [0.3, 0.4) is 0 Å². The van der Waals surface area contributed by atoms with Gasteiger partial charge in [0.25, 0.3) is 0 Å². The molecule has 1 unspecified atom stereocenters. The summed E-state index contributed by atoms with van der Waals surface area (Å²) in [6, 6.07) is 11.8. The van der Waals surface area contributed by atoms with Crippen molar-refractivity contribution in [2.24, 2.45) is 4.99 Å². The predicted molar refractivity (Wildman–Crippen MR) is 141 cm³/mol. The number of benzene rings is 2. The largest absolute Gasteiger partial charge is 0.493 e. The number of aryl methyl sites for hydroxylation is 1. The number of H-pyrrole nitrogens is 1. The van der Waals surface area contributed by atoms with E-state index in [1.54, 1.807) is 26.4 Å². The first kappa shape index (κ1) is 25.8. The van der Waals surface area contributed by atoms with Crippen molar-refractivity contribution in [2.45, 2.75) is 26.4 Å². The zero-order chi connectivity index (χ0) is 22.2. The van der Waals surface area contributed by atoms with Gasteiger partial charge in [0.05, 0.1) is 26.9 Å². The molecule has 0 saturated heterocycles. The van der Waals surface area contributed by atoms with Crippen LogP contribution in [0.25, 0.3) is 10.9 Å². The van der Waals surface area contributed by atoms with E-state index in [0.29, 0.717) is 17.5 Å². The third-order valence-corrected chi connectivity index (χ3v) is 5.17. The van der Waals surface area contributed by atoms with Gasteiger partial charge < -0.3 is 30.2 Å². The second-order valence-corrected chi connectivity index (χ2v) is 7.39. The summed E-state index contributed by atoms with van der Waals surface area (Å²) < 4.78 is 10.6. The van der Waals surface area contributed by atoms with Gasteiger partial charge in [0.2, 0.25) is 0 Å². The fourth-order valence-corrected chi connectivity index (χ4v) is 3.51. The molecule has 3 rings (SSSR count). The van der Waals surface area contributed by atoms with Gasteiger partial charge in [0, 0.05) is 30.2 Å². The molecule has 0 amide bonds. The molecule has 0 aliphatic rings. The van der Waals surface area contributed by atoms with E-state index in [2.05, 4.69) is 51.9 Å². The number of nitrogens with zero attached hydrogens (tertiary/aromatic N) is 1. The van der Waals surface area contributed by atoms with Crippen molar-refractivity contribution in [1.82, 2.24) is 15.6 Å². The number of aliphatic imine (C=N–C) groups is 1. The van der Waals surface area contributed by atoms with E-state index >= 15 is 0 Å². The third-order valence-electron chi connectivity index (χ3n) is 5.17. The molecule has 174 valence electrons. The Bertz CT molecular complexity index is 1040. The molecule has 1 atom stereocenters. The van der Waals surface area contributed by atoms with Crippen LogP contribution in [-0.4, -0.2) is 49.9 Å². The van der Waals surface area contributed by atoms with Crippen molar-refractivity contribution in [2.75, 3.05) is 33.9 Å². The monoisotopic (exact) mass is 552 g/mol. The normalized spacial score (nSPS) is 12.2. The molecule has 3 aromatic rings. The summed E-state index contributed by atoms with van der Waals surface area (Å²) in [4.78, 5) is 7.89. The number of fused-ring (bicyclic) bond motifs is 1. The average Bonchev–Trinajstić information content (AvgIpc) is 3.18. The van der Waals surface area contributed by atoms with Crippen molar-refractivity contribution >= 4 is 40.8 Å². The average molecular weight is 552 g/mol. The van der Waals surface area contributed by atoms with E-state index in [-0.39, 0.29) is 30.5 Å². The molecular formula is C24H33IN4O3. The number of guanidine groups is 1. The lowest BCUT2D eigenvalue weighted by atomic mass is 10.1. The van der Waals surface area contributed by atoms with E-state index in [0.717, 1.165) is 30.6 Å². The molecule has 0 radical (unpaired) electrons. The van der Waals surface area contributed by atoms with Gasteiger partial charge in [-0.25, -0.2) is 0 Å². The maximum atomic E-state index is 10.6. The second kappa shape index (κ2) is 12.5. The van der Waals surface area contributed by atoms with Gasteiger partial charge in [-0.2, -0.15) is 0 Å². The van der Waals surface area contributed by atoms with Gasteiger partial charge in [-0.3, -0.25) is 4.99 Å². The standard InChI is InChI=1S/C24H32N4O3.HI/c1-5-25-24(26-11-10-18-14-27-20-12-16(2)6-8-19(18)20)28-15-21(29)17-7-9-22(30-3)23(13-17)31-4;/h6-9,12-14,21,27,29H,5,10-11,15H2,1-4H3,(H2,25,26,28);1H. The molecule has 2 aromatic carbocycles. The Morgan fingerprint density at radius 2 is 1.88 bits per heavy atom. The molecule has 0 aliphatic heterocycles. The van der Waals surface area contributed by atoms with Gasteiger partial charge in [-0.05, 0) is 55.2 Å². The number of rotatable bonds is 9. The smallest absolute Gasteiger partial charge is 0.191 e. The van der Waals surface area contributed by atoms with Crippen molar-refractivity contribution in [1.29, 1.82) is 0 Å². The Balaban J connectivity index is 0.00000363. The Hall–Kier alpha value is -2.46. The van der Waals surface area contributed by atoms with Crippen LogP contribution in [0.4, 0.5) is 0 Å². The van der Waals surface area contributed by atoms with Gasteiger partial charge in [0.15, 0.2) is 17.5 Å². The van der Waals surface area contributed by atoms with Crippen molar-refractivity contribution in [3.8, 4) is 11.5 Å². The van der Waals surface area contributed by atoms with E-state index in [9.17, 15) is 5.11 Å². The van der Waals surface area contributed by atoms with E-state index < -0.39 is 6.10 Å². The van der Waals surface area contributed by atoms with Crippen molar-refractivity contribution in [3.05, 3.63) is 59.3 Å². The summed E-state index contributed by atoms with van der Waals surface area (Å²) in [6.07, 6.45) is 2.19. The lowest BCUT2D eigenvalue weighted by Gasteiger charge is -2.15. The number of nitrogens with one attached hydrogen (secondary N) is 3. The minimum atomic E-state index is -0.743. The number of aromatic nitrogens is 1. The predicted octanol–water partition coefficient (Wildman–Crippen LogP) is 3.94. The van der Waals surface area contributed by atoms with Gasteiger partial charge in [-0.1, -0.05) is 18.2 Å². The fraction of sp³-hybridized carbons (Fsp3) is 0.375. The van der Waals surface area contributed by atoms with Gasteiger partial charge in [-0.15, -0.1) is 24.0 Å². The number of aromatic amines is 1. The molecule has 32 heavy (non-hydrogen) atoms. The van der Waals surface area contributed by atoms with E-state index in [1.807, 2.05) is 13.0 Å². The molecule has 4 N–H and O–H groups in total. The maximum Gasteiger partial charge on any atom is 0.191 e. The molecule has 7 nitrogen and oxygen atoms in total. The molecule has 0 saturated carbocycles. The number of aliphatic hydroxyl groups is 1. The highest BCUT2D eigenvalue weighted by atomic mass is 127. The van der Waals surface area contributed by atoms with Crippen LogP contribution in [0, 0.1) is 6.92 Å². The molecule has 0 fully saturated rings. The quantitative estimate of drug-likeness (QED) is 0.184. The van der Waals surface area contributed by atoms with Crippen LogP contribution in [0.2, 0.25) is 0 Å². The van der Waals surface area contributed by atoms with Gasteiger partial charge in [0.1, 0.15) is 0 Å². The highest BCUT2D eigenvalue weighted by Gasteiger charge is 2.12. The first-order valence-electron chi connectivity index (χ1n) is 10.5. The van der Waals surface area contributed by atoms with Crippen LogP contribution < -0.4 is 20.1 Å². The fourth-order valence-electron chi connectivity index (χ4n) is 3.51. The van der Waals surface area contributed by atoms with Gasteiger partial charge >= 0.3 is 0 Å². The van der Waals surface area contributed by atoms with Crippen LogP contribution in [0.15, 0.2) is 47.6 Å². The summed E-state index contributed by atoms with van der Waals surface area (Å²) in [7, 11) is 3.16. The summed E-state index contributed by atoms with van der Waals surface area (Å²) in [6.45, 7) is 5.82. The van der Waals surface area contributed by atoms with Crippen LogP contribution in [0.1, 0.15) is 29.7 Å². The zero-order valence-corrected chi connectivity index (χ0v) is 21.4. The molecule has 0 aliphatic carbocycles. The van der Waals surface area contributed by atoms with Crippen LogP contribution in [-0.2, 0) is 6.42 Å². The Kier molecular flexibility index (Phi) is 10.1. The SMILES string of the molecule is CCNC(=NCC(O)c1ccc(OC)c(OC)c1)NCCc1c[nH]c2cc(C)ccc12.I. The second-order valence-electron chi connectivity index (χ2n) is 7.39. The van der Waals surface area contributed by atoms with Crippen molar-refractivity contribution < 1.29 is 14.6 Å². The number of aliphatic hydroxyl groups excluding tert-OH is 1. The Labute approximate surface area is 206 Å². The molecule has 0 spiro atoms. The first-order valence-corrected chi connectivity index (χ1v) is 10.5. The third kappa shape index (κ3) is 6.52. The number of halogens is 1. The number of hydrogen-bond donors (Lipinski definition) is 4. The highest BCUT2D eigenvalue weighted by molar-refractivity contribution is 14.0. The molecular weight excluding hydrogens is 519 g/mol. The zero-order valence-electron chi connectivity index (χ0n) is 19.1. The summed E-state index contributed by atoms with van der Waals surface area (Å²) in [5.41, 5.74) is 4.40.